The van der Waals surface area contributed by atoms with Crippen molar-refractivity contribution in [2.75, 3.05) is 16.6 Å². The number of carboxylic acid groups (broad SMARTS) is 1. The molecular weight excluding hydrogens is 561 g/mol. The van der Waals surface area contributed by atoms with E-state index in [0.29, 0.717) is 20.8 Å². The van der Waals surface area contributed by atoms with Crippen LogP contribution in [-0.4, -0.2) is 82.3 Å². The van der Waals surface area contributed by atoms with E-state index >= 15 is 0 Å². The number of aromatic amines is 1. The summed E-state index contributed by atoms with van der Waals surface area (Å²) in [6, 6.07) is -0.907. The number of β-lactam (4-membered cyclic amide) rings is 1. The second-order valence-corrected chi connectivity index (χ2v) is 12.6. The summed E-state index contributed by atoms with van der Waals surface area (Å²) in [7, 11) is 0. The first-order chi connectivity index (χ1) is 17.9. The van der Waals surface area contributed by atoms with Gasteiger partial charge < -0.3 is 21.0 Å². The molecule has 17 heteroatoms. The maximum absolute atomic E-state index is 13.2. The van der Waals surface area contributed by atoms with Crippen LogP contribution in [0.15, 0.2) is 32.4 Å². The van der Waals surface area contributed by atoms with Gasteiger partial charge in [-0.2, -0.15) is 10.3 Å². The molecule has 1 aliphatic carbocycles. The molecule has 3 aliphatic rings. The standard InChI is InChI=1S/C20H22N8O5S4/c21-20-23-10(6-35-20)13(26-33-9-3-1-2-4-9)16(29)24-14-17(30)28-15(19(31)32)11(7-34-18(14)28)36-8-37-12-5-22-27-25-12/h5-6,9,14,18H,1-4,7-8H2,(H2,21,23)(H,24,29)(H,31,32)(H,22,25,27)/t14-,18+/m1/s1. The average Bonchev–Trinajstić information content (AvgIpc) is 3.66. The number of nitrogen functional groups attached to an aromatic ring is 1. The molecule has 4 heterocycles. The van der Waals surface area contributed by atoms with E-state index in [-0.39, 0.29) is 28.3 Å². The minimum atomic E-state index is -1.19. The SMILES string of the molecule is Nc1nc(C(=NOC2CCCC2)C(=O)N[C@@H]2C(=O)N3C(C(=O)O)=C(SCSc4cn[nH]n4)CS[C@@H]23)cs1. The number of carbonyl (C=O) groups excluding carboxylic acids is 2. The summed E-state index contributed by atoms with van der Waals surface area (Å²) in [5, 5.41) is 29.4. The van der Waals surface area contributed by atoms with Crippen molar-refractivity contribution in [2.24, 2.45) is 5.16 Å². The van der Waals surface area contributed by atoms with Gasteiger partial charge in [-0.15, -0.1) is 40.0 Å². The number of amides is 2. The zero-order valence-electron chi connectivity index (χ0n) is 19.2. The van der Waals surface area contributed by atoms with Gasteiger partial charge in [0.15, 0.2) is 10.8 Å². The molecular formula is C20H22N8O5S4. The minimum absolute atomic E-state index is 0.0595. The molecule has 2 amide bonds. The Hall–Kier alpha value is -2.76. The zero-order valence-corrected chi connectivity index (χ0v) is 22.4. The second kappa shape index (κ2) is 11.3. The fourth-order valence-electron chi connectivity index (χ4n) is 4.05. The van der Waals surface area contributed by atoms with E-state index < -0.39 is 29.2 Å². The van der Waals surface area contributed by atoms with Crippen LogP contribution in [0.3, 0.4) is 0 Å². The Morgan fingerprint density at radius 1 is 1.35 bits per heavy atom. The molecule has 0 bridgehead atoms. The number of rotatable bonds is 10. The maximum Gasteiger partial charge on any atom is 0.353 e. The molecule has 1 saturated heterocycles. The predicted octanol–water partition coefficient (Wildman–Crippen LogP) is 1.69. The molecule has 1 saturated carbocycles. The molecule has 5 rings (SSSR count). The third kappa shape index (κ3) is 5.58. The van der Waals surface area contributed by atoms with Gasteiger partial charge in [-0.25, -0.2) is 9.78 Å². The molecule has 5 N–H and O–H groups in total. The summed E-state index contributed by atoms with van der Waals surface area (Å²) in [5.74, 6) is -1.94. The molecule has 0 spiro atoms. The maximum atomic E-state index is 13.2. The van der Waals surface area contributed by atoms with Crippen LogP contribution in [0.4, 0.5) is 5.13 Å². The molecule has 0 aromatic carbocycles. The Balaban J connectivity index is 1.27. The van der Waals surface area contributed by atoms with Gasteiger partial charge in [0.25, 0.3) is 11.8 Å². The van der Waals surface area contributed by atoms with Crippen LogP contribution < -0.4 is 11.1 Å². The molecule has 0 unspecified atom stereocenters. The Morgan fingerprint density at radius 3 is 2.84 bits per heavy atom. The van der Waals surface area contributed by atoms with Crippen LogP contribution >= 0.6 is 46.6 Å². The van der Waals surface area contributed by atoms with E-state index in [9.17, 15) is 19.5 Å². The summed E-state index contributed by atoms with van der Waals surface area (Å²) in [4.78, 5) is 49.9. The number of carboxylic acids is 1. The van der Waals surface area contributed by atoms with Gasteiger partial charge in [0, 0.05) is 16.0 Å². The number of oxime groups is 1. The number of thioether (sulfide) groups is 3. The van der Waals surface area contributed by atoms with Crippen LogP contribution in [0.2, 0.25) is 0 Å². The Labute approximate surface area is 227 Å². The lowest BCUT2D eigenvalue weighted by Gasteiger charge is -2.49. The number of nitrogens with two attached hydrogens (primary N) is 1. The van der Waals surface area contributed by atoms with E-state index in [1.165, 1.54) is 40.2 Å². The van der Waals surface area contributed by atoms with Crippen molar-refractivity contribution in [2.45, 2.75) is 48.2 Å². The van der Waals surface area contributed by atoms with E-state index in [4.69, 9.17) is 10.6 Å². The summed E-state index contributed by atoms with van der Waals surface area (Å²) < 4.78 is 0. The molecule has 37 heavy (non-hydrogen) atoms. The van der Waals surface area contributed by atoms with Crippen molar-refractivity contribution in [1.82, 2.24) is 30.6 Å². The molecule has 196 valence electrons. The molecule has 2 fully saturated rings. The number of thiazole rings is 1. The monoisotopic (exact) mass is 582 g/mol. The number of anilines is 1. The Morgan fingerprint density at radius 2 is 2.16 bits per heavy atom. The molecule has 2 aliphatic heterocycles. The second-order valence-electron chi connectivity index (χ2n) is 8.18. The van der Waals surface area contributed by atoms with Crippen LogP contribution in [0, 0.1) is 0 Å². The third-order valence-corrected chi connectivity index (χ3v) is 10.1. The number of aromatic nitrogens is 4. The lowest BCUT2D eigenvalue weighted by atomic mass is 10.0. The zero-order chi connectivity index (χ0) is 25.9. The smallest absolute Gasteiger partial charge is 0.353 e. The molecule has 0 radical (unpaired) electrons. The lowest BCUT2D eigenvalue weighted by molar-refractivity contribution is -0.150. The van der Waals surface area contributed by atoms with Crippen molar-refractivity contribution in [3.05, 3.63) is 27.9 Å². The minimum Gasteiger partial charge on any atom is -0.477 e. The summed E-state index contributed by atoms with van der Waals surface area (Å²) in [6.07, 6.45) is 5.29. The average molecular weight is 583 g/mol. The highest BCUT2D eigenvalue weighted by molar-refractivity contribution is 8.18. The summed E-state index contributed by atoms with van der Waals surface area (Å²) in [6.45, 7) is 0. The van der Waals surface area contributed by atoms with Crippen molar-refractivity contribution in [3.8, 4) is 0 Å². The van der Waals surface area contributed by atoms with E-state index in [0.717, 1.165) is 37.0 Å². The number of hydrogen-bond donors (Lipinski definition) is 4. The third-order valence-electron chi connectivity index (χ3n) is 5.83. The largest absolute Gasteiger partial charge is 0.477 e. The van der Waals surface area contributed by atoms with Crippen LogP contribution in [0.1, 0.15) is 31.4 Å². The number of nitrogens with zero attached hydrogens (tertiary/aromatic N) is 5. The normalized spacial score (nSPS) is 22.1. The number of H-pyrrole nitrogens is 1. The fraction of sp³-hybridized carbons (Fsp3) is 0.450. The van der Waals surface area contributed by atoms with Crippen molar-refractivity contribution >= 4 is 75.2 Å². The van der Waals surface area contributed by atoms with Gasteiger partial charge in [-0.3, -0.25) is 14.5 Å². The number of carbonyl (C=O) groups is 3. The number of fused-ring (bicyclic) bond motifs is 1. The number of hydrogen-bond acceptors (Lipinski definition) is 13. The van der Waals surface area contributed by atoms with Crippen molar-refractivity contribution in [3.63, 3.8) is 0 Å². The highest BCUT2D eigenvalue weighted by atomic mass is 32.2. The number of aliphatic carboxylic acids is 1. The molecule has 2 aromatic heterocycles. The Kier molecular flexibility index (Phi) is 7.92. The van der Waals surface area contributed by atoms with E-state index in [2.05, 4.69) is 30.9 Å². The van der Waals surface area contributed by atoms with Gasteiger partial charge in [0.1, 0.15) is 33.9 Å². The van der Waals surface area contributed by atoms with Gasteiger partial charge in [-0.05, 0) is 25.7 Å². The van der Waals surface area contributed by atoms with Crippen molar-refractivity contribution in [1.29, 1.82) is 0 Å². The number of nitrogens with one attached hydrogen (secondary N) is 2. The Bertz CT molecular complexity index is 1240. The first-order valence-electron chi connectivity index (χ1n) is 11.2. The first-order valence-corrected chi connectivity index (χ1v) is 15.1. The van der Waals surface area contributed by atoms with Crippen molar-refractivity contribution < 1.29 is 24.3 Å². The van der Waals surface area contributed by atoms with Gasteiger partial charge in [0.2, 0.25) is 0 Å². The quantitative estimate of drug-likeness (QED) is 0.104. The van der Waals surface area contributed by atoms with Crippen LogP contribution in [0.5, 0.6) is 0 Å². The van der Waals surface area contributed by atoms with Gasteiger partial charge >= 0.3 is 5.97 Å². The van der Waals surface area contributed by atoms with E-state index in [1.807, 2.05) is 0 Å². The predicted molar refractivity (Wildman–Crippen MR) is 141 cm³/mol. The summed E-state index contributed by atoms with van der Waals surface area (Å²) >= 11 is 5.29. The van der Waals surface area contributed by atoms with Gasteiger partial charge in [-0.1, -0.05) is 16.9 Å². The highest BCUT2D eigenvalue weighted by Gasteiger charge is 2.54. The summed E-state index contributed by atoms with van der Waals surface area (Å²) in [5.41, 5.74) is 5.87. The van der Waals surface area contributed by atoms with Crippen LogP contribution in [-0.2, 0) is 19.2 Å². The van der Waals surface area contributed by atoms with E-state index in [1.54, 1.807) is 11.6 Å². The topological polar surface area (TPSA) is 189 Å². The molecule has 13 nitrogen and oxygen atoms in total. The van der Waals surface area contributed by atoms with Gasteiger partial charge in [0.05, 0.1) is 11.3 Å². The molecule has 2 atom stereocenters. The first kappa shape index (κ1) is 25.9. The fourth-order valence-corrected chi connectivity index (χ4v) is 8.18. The molecule has 2 aromatic rings. The highest BCUT2D eigenvalue weighted by Crippen LogP contribution is 2.44. The lowest BCUT2D eigenvalue weighted by Crippen LogP contribution is -2.71. The van der Waals surface area contributed by atoms with Crippen LogP contribution in [0.25, 0.3) is 0 Å².